The monoisotopic (exact) mass is 274 g/mol. The van der Waals surface area contributed by atoms with E-state index in [1.807, 2.05) is 0 Å². The van der Waals surface area contributed by atoms with Crippen molar-refractivity contribution in [3.63, 3.8) is 0 Å². The van der Waals surface area contributed by atoms with Crippen LogP contribution < -0.4 is 5.32 Å². The molecule has 0 atom stereocenters. The molecule has 1 aliphatic heterocycles. The number of rotatable bonds is 4. The Morgan fingerprint density at radius 2 is 2.11 bits per heavy atom. The van der Waals surface area contributed by atoms with Gasteiger partial charge in [-0.25, -0.2) is 0 Å². The second-order valence-electron chi connectivity index (χ2n) is 5.95. The van der Waals surface area contributed by atoms with Crippen LogP contribution in [-0.2, 0) is 12.6 Å². The van der Waals surface area contributed by atoms with Gasteiger partial charge in [0.1, 0.15) is 0 Å². The molecule has 2 heterocycles. The zero-order valence-electron chi connectivity index (χ0n) is 10.6. The highest BCUT2D eigenvalue weighted by atomic mass is 19.4. The third-order valence-corrected chi connectivity index (χ3v) is 4.33. The summed E-state index contributed by atoms with van der Waals surface area (Å²) in [5.74, 6) is -0.248. The summed E-state index contributed by atoms with van der Waals surface area (Å²) in [6, 6.07) is 1.01. The maximum Gasteiger partial charge on any atom is 0.452 e. The highest BCUT2D eigenvalue weighted by Crippen LogP contribution is 2.50. The molecule has 0 unspecified atom stereocenters. The molecule has 1 aromatic heterocycles. The van der Waals surface area contributed by atoms with Gasteiger partial charge in [0.2, 0.25) is 5.76 Å². The molecule has 19 heavy (non-hydrogen) atoms. The first kappa shape index (κ1) is 13.0. The van der Waals surface area contributed by atoms with E-state index >= 15 is 0 Å². The summed E-state index contributed by atoms with van der Waals surface area (Å²) in [7, 11) is 0. The molecule has 1 aliphatic carbocycles. The smallest absolute Gasteiger partial charge is 0.351 e. The van der Waals surface area contributed by atoms with Crippen LogP contribution in [0.5, 0.6) is 0 Å². The van der Waals surface area contributed by atoms with Gasteiger partial charge in [0.25, 0.3) is 0 Å². The Balaban J connectivity index is 1.39. The van der Waals surface area contributed by atoms with Crippen LogP contribution in [-0.4, -0.2) is 18.2 Å². The van der Waals surface area contributed by atoms with E-state index in [1.54, 1.807) is 0 Å². The van der Waals surface area contributed by atoms with Crippen molar-refractivity contribution in [2.45, 2.75) is 38.3 Å². The van der Waals surface area contributed by atoms with Crippen LogP contribution in [0.4, 0.5) is 13.2 Å². The highest BCUT2D eigenvalue weighted by molar-refractivity contribution is 5.08. The average Bonchev–Trinajstić information content (AvgIpc) is 2.66. The van der Waals surface area contributed by atoms with Gasteiger partial charge in [0.05, 0.1) is 5.69 Å². The van der Waals surface area contributed by atoms with Crippen LogP contribution in [0.25, 0.3) is 0 Å². The van der Waals surface area contributed by atoms with Crippen LogP contribution >= 0.6 is 0 Å². The van der Waals surface area contributed by atoms with Crippen LogP contribution in [0.1, 0.15) is 37.1 Å². The van der Waals surface area contributed by atoms with Gasteiger partial charge in [-0.1, -0.05) is 11.6 Å². The van der Waals surface area contributed by atoms with E-state index < -0.39 is 11.9 Å². The number of aromatic nitrogens is 1. The molecule has 0 bridgehead atoms. The fourth-order valence-corrected chi connectivity index (χ4v) is 3.27. The molecule has 1 saturated heterocycles. The molecule has 6 heteroatoms. The lowest BCUT2D eigenvalue weighted by molar-refractivity contribution is -0.155. The molecular formula is C13H17F3N2O. The van der Waals surface area contributed by atoms with Gasteiger partial charge in [-0.15, -0.1) is 0 Å². The van der Waals surface area contributed by atoms with Gasteiger partial charge in [0.15, 0.2) is 0 Å². The molecule has 1 N–H and O–H groups in total. The topological polar surface area (TPSA) is 38.1 Å². The predicted octanol–water partition coefficient (Wildman–Crippen LogP) is 3.02. The molecule has 1 aromatic rings. The number of hydrogen-bond acceptors (Lipinski definition) is 3. The van der Waals surface area contributed by atoms with Gasteiger partial charge in [-0.2, -0.15) is 13.2 Å². The first-order chi connectivity index (χ1) is 8.97. The van der Waals surface area contributed by atoms with Crippen LogP contribution in [0.15, 0.2) is 10.6 Å². The third kappa shape index (κ3) is 2.63. The molecule has 3 nitrogen and oxygen atoms in total. The standard InChI is InChI=1S/C13H17F3N2O/c14-13(15,16)11-4-10(18-19-11)3-1-2-9-5-12(6-9)7-17-8-12/h4,9,17H,1-3,5-8H2. The number of hydrogen-bond donors (Lipinski definition) is 1. The van der Waals surface area contributed by atoms with E-state index in [1.165, 1.54) is 12.8 Å². The molecule has 0 amide bonds. The van der Waals surface area contributed by atoms with Crippen molar-refractivity contribution >= 4 is 0 Å². The number of halogens is 3. The Bertz CT molecular complexity index is 443. The zero-order valence-corrected chi connectivity index (χ0v) is 10.6. The fourth-order valence-electron chi connectivity index (χ4n) is 3.27. The number of alkyl halides is 3. The minimum Gasteiger partial charge on any atom is -0.351 e. The van der Waals surface area contributed by atoms with Crippen molar-refractivity contribution in [3.8, 4) is 0 Å². The molecule has 1 saturated carbocycles. The van der Waals surface area contributed by atoms with Crippen molar-refractivity contribution in [2.75, 3.05) is 13.1 Å². The van der Waals surface area contributed by atoms with E-state index in [-0.39, 0.29) is 0 Å². The summed E-state index contributed by atoms with van der Waals surface area (Å²) >= 11 is 0. The van der Waals surface area contributed by atoms with E-state index in [2.05, 4.69) is 15.0 Å². The normalized spacial score (nSPS) is 22.3. The Labute approximate surface area is 109 Å². The van der Waals surface area contributed by atoms with E-state index in [9.17, 15) is 13.2 Å². The first-order valence-corrected chi connectivity index (χ1v) is 6.70. The van der Waals surface area contributed by atoms with E-state index in [0.29, 0.717) is 17.5 Å². The lowest BCUT2D eigenvalue weighted by atomic mass is 9.57. The fraction of sp³-hybridized carbons (Fsp3) is 0.769. The van der Waals surface area contributed by atoms with Crippen LogP contribution in [0, 0.1) is 11.3 Å². The Morgan fingerprint density at radius 3 is 2.63 bits per heavy atom. The van der Waals surface area contributed by atoms with Gasteiger partial charge in [-0.05, 0) is 37.0 Å². The maximum absolute atomic E-state index is 12.3. The average molecular weight is 274 g/mol. The molecular weight excluding hydrogens is 257 g/mol. The first-order valence-electron chi connectivity index (χ1n) is 6.70. The second-order valence-corrected chi connectivity index (χ2v) is 5.95. The van der Waals surface area contributed by atoms with Crippen LogP contribution in [0.3, 0.4) is 0 Å². The molecule has 106 valence electrons. The largest absolute Gasteiger partial charge is 0.452 e. The van der Waals surface area contributed by atoms with Crippen molar-refractivity contribution in [3.05, 3.63) is 17.5 Å². The minimum atomic E-state index is -4.43. The predicted molar refractivity (Wildman–Crippen MR) is 62.5 cm³/mol. The molecule has 1 spiro atoms. The number of aryl methyl sites for hydroxylation is 1. The van der Waals surface area contributed by atoms with Crippen molar-refractivity contribution < 1.29 is 17.7 Å². The molecule has 3 rings (SSSR count). The molecule has 2 aliphatic rings. The summed E-state index contributed by atoms with van der Waals surface area (Å²) in [5, 5.41) is 6.77. The van der Waals surface area contributed by atoms with Gasteiger partial charge in [0, 0.05) is 19.2 Å². The summed E-state index contributed by atoms with van der Waals surface area (Å²) in [5.41, 5.74) is 0.980. The zero-order chi connectivity index (χ0) is 13.5. The SMILES string of the molecule is FC(F)(F)c1cc(CCCC2CC3(CNC3)C2)no1. The lowest BCUT2D eigenvalue weighted by Gasteiger charge is -2.54. The minimum absolute atomic E-state index is 0.409. The third-order valence-electron chi connectivity index (χ3n) is 4.33. The summed E-state index contributed by atoms with van der Waals surface area (Å²) in [6.45, 7) is 2.28. The van der Waals surface area contributed by atoms with Crippen molar-refractivity contribution in [1.82, 2.24) is 10.5 Å². The molecule has 0 aromatic carbocycles. The molecule has 0 radical (unpaired) electrons. The van der Waals surface area contributed by atoms with Gasteiger partial charge < -0.3 is 9.84 Å². The quantitative estimate of drug-likeness (QED) is 0.917. The Kier molecular flexibility index (Phi) is 3.08. The van der Waals surface area contributed by atoms with Crippen molar-refractivity contribution in [1.29, 1.82) is 0 Å². The Hall–Kier alpha value is -1.04. The Morgan fingerprint density at radius 1 is 1.37 bits per heavy atom. The second kappa shape index (κ2) is 4.51. The van der Waals surface area contributed by atoms with E-state index in [4.69, 9.17) is 0 Å². The highest BCUT2D eigenvalue weighted by Gasteiger charge is 2.47. The summed E-state index contributed by atoms with van der Waals surface area (Å²) in [4.78, 5) is 0. The van der Waals surface area contributed by atoms with Gasteiger partial charge in [-0.3, -0.25) is 0 Å². The summed E-state index contributed by atoms with van der Waals surface area (Å²) < 4.78 is 41.2. The number of nitrogens with one attached hydrogen (secondary N) is 1. The lowest BCUT2D eigenvalue weighted by Crippen LogP contribution is -2.60. The van der Waals surface area contributed by atoms with Gasteiger partial charge >= 0.3 is 6.18 Å². The summed E-state index contributed by atoms with van der Waals surface area (Å²) in [6.07, 6.45) is 0.650. The van der Waals surface area contributed by atoms with Crippen LogP contribution in [0.2, 0.25) is 0 Å². The molecule has 2 fully saturated rings. The van der Waals surface area contributed by atoms with Crippen molar-refractivity contribution in [2.24, 2.45) is 11.3 Å². The van der Waals surface area contributed by atoms with E-state index in [0.717, 1.165) is 37.9 Å². The maximum atomic E-state index is 12.3. The number of nitrogens with zero attached hydrogens (tertiary/aromatic N) is 1.